The van der Waals surface area contributed by atoms with Crippen LogP contribution in [0.4, 0.5) is 10.8 Å². The molecule has 2 aromatic rings. The molecule has 0 saturated heterocycles. The molecule has 0 fully saturated rings. The molecule has 0 aliphatic rings. The third-order valence-corrected chi connectivity index (χ3v) is 6.74. The molecule has 0 unspecified atom stereocenters. The summed E-state index contributed by atoms with van der Waals surface area (Å²) in [6.45, 7) is 5.96. The van der Waals surface area contributed by atoms with Crippen molar-refractivity contribution >= 4 is 49.8 Å². The van der Waals surface area contributed by atoms with Gasteiger partial charge in [0.25, 0.3) is 5.91 Å². The first-order valence-electron chi connectivity index (χ1n) is 8.61. The maximum absolute atomic E-state index is 12.5. The molecule has 154 valence electrons. The molecule has 1 amide bonds. The van der Waals surface area contributed by atoms with Crippen molar-refractivity contribution in [1.82, 2.24) is 10.2 Å². The highest BCUT2D eigenvalue weighted by molar-refractivity contribution is 8.01. The normalized spacial score (nSPS) is 12.6. The number of carbonyl (C=O) groups is 1. The summed E-state index contributed by atoms with van der Waals surface area (Å²) in [5.41, 5.74) is 0.511. The Morgan fingerprint density at radius 3 is 2.46 bits per heavy atom. The van der Waals surface area contributed by atoms with Gasteiger partial charge in [0.05, 0.1) is 11.9 Å². The standard InChI is InChI=1S/C17H24N4O4S3/c1-6-14(15(22)18-16-19-20-17(27-16)26-11(2)3)25-13-9-7-12(8-10-13)21(4)28(5,23)24/h7-11,14H,6H2,1-5H3,(H,18,19,22)/t14-/m0/s1. The van der Waals surface area contributed by atoms with E-state index in [1.54, 1.807) is 36.0 Å². The van der Waals surface area contributed by atoms with E-state index in [4.69, 9.17) is 4.74 Å². The van der Waals surface area contributed by atoms with E-state index in [0.717, 1.165) is 10.6 Å². The van der Waals surface area contributed by atoms with Crippen molar-refractivity contribution < 1.29 is 17.9 Å². The van der Waals surface area contributed by atoms with Crippen molar-refractivity contribution in [3.63, 3.8) is 0 Å². The number of hydrogen-bond acceptors (Lipinski definition) is 8. The number of rotatable bonds is 9. The Balaban J connectivity index is 2.01. The number of amides is 1. The van der Waals surface area contributed by atoms with Gasteiger partial charge in [-0.1, -0.05) is 43.9 Å². The van der Waals surface area contributed by atoms with Gasteiger partial charge < -0.3 is 4.74 Å². The first kappa shape index (κ1) is 22.4. The van der Waals surface area contributed by atoms with E-state index in [9.17, 15) is 13.2 Å². The number of nitrogens with one attached hydrogen (secondary N) is 1. The quantitative estimate of drug-likeness (QED) is 0.468. The summed E-state index contributed by atoms with van der Waals surface area (Å²) in [4.78, 5) is 12.5. The molecular formula is C17H24N4O4S3. The summed E-state index contributed by atoms with van der Waals surface area (Å²) in [5.74, 6) is 0.165. The molecule has 28 heavy (non-hydrogen) atoms. The number of hydrogen-bond donors (Lipinski definition) is 1. The summed E-state index contributed by atoms with van der Waals surface area (Å²) < 4.78 is 30.9. The lowest BCUT2D eigenvalue weighted by molar-refractivity contribution is -0.122. The summed E-state index contributed by atoms with van der Waals surface area (Å²) in [6.07, 6.45) is 0.889. The summed E-state index contributed by atoms with van der Waals surface area (Å²) in [7, 11) is -1.86. The Labute approximate surface area is 173 Å². The fraction of sp³-hybridized carbons (Fsp3) is 0.471. The van der Waals surface area contributed by atoms with Crippen LogP contribution in [0.5, 0.6) is 5.75 Å². The molecule has 0 saturated carbocycles. The summed E-state index contributed by atoms with van der Waals surface area (Å²) in [6, 6.07) is 6.52. The van der Waals surface area contributed by atoms with E-state index in [1.165, 1.54) is 22.7 Å². The topological polar surface area (TPSA) is 101 Å². The lowest BCUT2D eigenvalue weighted by Gasteiger charge is -2.19. The SMILES string of the molecule is CC[C@H](Oc1ccc(N(C)S(C)(=O)=O)cc1)C(=O)Nc1nnc(SC(C)C)s1. The van der Waals surface area contributed by atoms with E-state index in [0.29, 0.717) is 28.2 Å². The molecule has 1 heterocycles. The zero-order valence-electron chi connectivity index (χ0n) is 16.4. The van der Waals surface area contributed by atoms with Gasteiger partial charge in [-0.25, -0.2) is 8.42 Å². The molecule has 1 aromatic carbocycles. The zero-order valence-corrected chi connectivity index (χ0v) is 18.8. The number of aromatic nitrogens is 2. The number of thioether (sulfide) groups is 1. The Hall–Kier alpha value is -1.85. The van der Waals surface area contributed by atoms with Crippen LogP contribution in [0.3, 0.4) is 0 Å². The highest BCUT2D eigenvalue weighted by atomic mass is 32.2. The summed E-state index contributed by atoms with van der Waals surface area (Å²) >= 11 is 2.91. The minimum Gasteiger partial charge on any atom is -0.481 e. The van der Waals surface area contributed by atoms with Crippen LogP contribution >= 0.6 is 23.1 Å². The predicted octanol–water partition coefficient (Wildman–Crippen LogP) is 3.23. The second kappa shape index (κ2) is 9.57. The van der Waals surface area contributed by atoms with Gasteiger partial charge in [0.1, 0.15) is 5.75 Å². The number of nitrogens with zero attached hydrogens (tertiary/aromatic N) is 3. The molecule has 1 aromatic heterocycles. The average Bonchev–Trinajstić information content (AvgIpc) is 3.04. The number of benzene rings is 1. The van der Waals surface area contributed by atoms with Crippen LogP contribution in [0, 0.1) is 0 Å². The van der Waals surface area contributed by atoms with Gasteiger partial charge in [0.15, 0.2) is 10.4 Å². The zero-order chi connectivity index (χ0) is 20.9. The van der Waals surface area contributed by atoms with E-state index in [1.807, 2.05) is 6.92 Å². The highest BCUT2D eigenvalue weighted by Crippen LogP contribution is 2.29. The van der Waals surface area contributed by atoms with Gasteiger partial charge in [-0.3, -0.25) is 14.4 Å². The molecule has 0 spiro atoms. The van der Waals surface area contributed by atoms with Crippen LogP contribution < -0.4 is 14.4 Å². The predicted molar refractivity (Wildman–Crippen MR) is 114 cm³/mol. The first-order valence-corrected chi connectivity index (χ1v) is 12.2. The lowest BCUT2D eigenvalue weighted by atomic mass is 10.2. The molecule has 1 atom stereocenters. The fourth-order valence-electron chi connectivity index (χ4n) is 2.11. The van der Waals surface area contributed by atoms with Gasteiger partial charge in [-0.05, 0) is 30.7 Å². The second-order valence-electron chi connectivity index (χ2n) is 6.27. The maximum atomic E-state index is 12.5. The van der Waals surface area contributed by atoms with Crippen molar-refractivity contribution in [1.29, 1.82) is 0 Å². The maximum Gasteiger partial charge on any atom is 0.267 e. The summed E-state index contributed by atoms with van der Waals surface area (Å²) in [5, 5.41) is 11.6. The Morgan fingerprint density at radius 1 is 1.29 bits per heavy atom. The highest BCUT2D eigenvalue weighted by Gasteiger charge is 2.21. The van der Waals surface area contributed by atoms with Crippen LogP contribution in [-0.2, 0) is 14.8 Å². The fourth-order valence-corrected chi connectivity index (χ4v) is 4.59. The van der Waals surface area contributed by atoms with Crippen molar-refractivity contribution in [2.75, 3.05) is 22.9 Å². The third-order valence-electron chi connectivity index (χ3n) is 3.61. The second-order valence-corrected chi connectivity index (χ2v) is 11.1. The minimum absolute atomic E-state index is 0.308. The smallest absolute Gasteiger partial charge is 0.267 e. The van der Waals surface area contributed by atoms with E-state index in [-0.39, 0.29) is 5.91 Å². The Bertz CT molecular complexity index is 897. The third kappa shape index (κ3) is 6.35. The molecular weight excluding hydrogens is 420 g/mol. The number of anilines is 2. The van der Waals surface area contributed by atoms with Gasteiger partial charge >= 0.3 is 0 Å². The first-order chi connectivity index (χ1) is 13.1. The number of sulfonamides is 1. The molecule has 11 heteroatoms. The molecule has 1 N–H and O–H groups in total. The van der Waals surface area contributed by atoms with E-state index >= 15 is 0 Å². The van der Waals surface area contributed by atoms with Crippen molar-refractivity contribution in [2.24, 2.45) is 0 Å². The van der Waals surface area contributed by atoms with Gasteiger partial charge in [-0.2, -0.15) is 0 Å². The van der Waals surface area contributed by atoms with Crippen LogP contribution in [0.1, 0.15) is 27.2 Å². The molecule has 8 nitrogen and oxygen atoms in total. The Kier molecular flexibility index (Phi) is 7.67. The van der Waals surface area contributed by atoms with Crippen molar-refractivity contribution in [2.45, 2.75) is 42.9 Å². The number of ether oxygens (including phenoxy) is 1. The van der Waals surface area contributed by atoms with E-state index < -0.39 is 16.1 Å². The van der Waals surface area contributed by atoms with E-state index in [2.05, 4.69) is 29.4 Å². The van der Waals surface area contributed by atoms with Crippen LogP contribution in [-0.4, -0.2) is 49.2 Å². The van der Waals surface area contributed by atoms with Crippen molar-refractivity contribution in [3.05, 3.63) is 24.3 Å². The number of carbonyl (C=O) groups excluding carboxylic acids is 1. The van der Waals surface area contributed by atoms with Gasteiger partial charge in [0, 0.05) is 12.3 Å². The molecule has 0 radical (unpaired) electrons. The van der Waals surface area contributed by atoms with Gasteiger partial charge in [-0.15, -0.1) is 10.2 Å². The molecule has 0 bridgehead atoms. The Morgan fingerprint density at radius 2 is 1.93 bits per heavy atom. The monoisotopic (exact) mass is 444 g/mol. The lowest BCUT2D eigenvalue weighted by Crippen LogP contribution is -2.32. The van der Waals surface area contributed by atoms with Crippen LogP contribution in [0.2, 0.25) is 0 Å². The average molecular weight is 445 g/mol. The van der Waals surface area contributed by atoms with Gasteiger partial charge in [0.2, 0.25) is 15.2 Å². The molecule has 0 aliphatic heterocycles. The van der Waals surface area contributed by atoms with Crippen LogP contribution in [0.15, 0.2) is 28.6 Å². The van der Waals surface area contributed by atoms with Crippen LogP contribution in [0.25, 0.3) is 0 Å². The largest absolute Gasteiger partial charge is 0.481 e. The molecule has 2 rings (SSSR count). The van der Waals surface area contributed by atoms with Crippen molar-refractivity contribution in [3.8, 4) is 5.75 Å². The minimum atomic E-state index is -3.34. The molecule has 0 aliphatic carbocycles.